The quantitative estimate of drug-likeness (QED) is 0.877. The van der Waals surface area contributed by atoms with E-state index in [0.29, 0.717) is 17.7 Å². The first kappa shape index (κ1) is 11.8. The van der Waals surface area contributed by atoms with Gasteiger partial charge in [0, 0.05) is 12.1 Å². The van der Waals surface area contributed by atoms with Crippen LogP contribution in [0.5, 0.6) is 0 Å². The summed E-state index contributed by atoms with van der Waals surface area (Å²) >= 11 is 0. The minimum Gasteiger partial charge on any atom is -0.349 e. The molecular weight excluding hydrogens is 232 g/mol. The lowest BCUT2D eigenvalue weighted by molar-refractivity contribution is 0.0942. The van der Waals surface area contributed by atoms with Gasteiger partial charge >= 0.3 is 0 Å². The van der Waals surface area contributed by atoms with Crippen LogP contribution in [0.3, 0.4) is 0 Å². The first-order chi connectivity index (χ1) is 8.74. The van der Waals surface area contributed by atoms with E-state index in [-0.39, 0.29) is 17.6 Å². The first-order valence-corrected chi connectivity index (χ1v) is 5.37. The number of nitrogens with zero attached hydrogens (tertiary/aromatic N) is 3. The number of nitrogens with one attached hydrogen (secondary N) is 1. The van der Waals surface area contributed by atoms with Crippen LogP contribution in [0, 0.1) is 11.3 Å². The lowest BCUT2D eigenvalue weighted by Crippen LogP contribution is -2.23. The second-order valence-corrected chi connectivity index (χ2v) is 3.48. The Bertz CT molecular complexity index is 613. The van der Waals surface area contributed by atoms with Crippen molar-refractivity contribution in [1.82, 2.24) is 15.5 Å². The molecule has 2 rings (SSSR count). The Labute approximate surface area is 103 Å². The Morgan fingerprint density at radius 1 is 1.56 bits per heavy atom. The molecule has 0 aliphatic carbocycles. The zero-order valence-electron chi connectivity index (χ0n) is 9.67. The van der Waals surface area contributed by atoms with E-state index in [2.05, 4.69) is 15.5 Å². The van der Waals surface area contributed by atoms with Crippen molar-refractivity contribution in [3.63, 3.8) is 0 Å². The minimum absolute atomic E-state index is 0.0192. The monoisotopic (exact) mass is 242 g/mol. The van der Waals surface area contributed by atoms with Crippen LogP contribution in [0.25, 0.3) is 11.5 Å². The van der Waals surface area contributed by atoms with Gasteiger partial charge in [0.1, 0.15) is 0 Å². The molecule has 1 heterocycles. The molecule has 1 N–H and O–H groups in total. The van der Waals surface area contributed by atoms with Gasteiger partial charge in [-0.25, -0.2) is 0 Å². The molecule has 1 aromatic carbocycles. The van der Waals surface area contributed by atoms with Gasteiger partial charge in [-0.3, -0.25) is 4.79 Å². The molecule has 0 spiro atoms. The number of rotatable bonds is 3. The molecule has 1 amide bonds. The predicted molar refractivity (Wildman–Crippen MR) is 62.5 cm³/mol. The molecule has 1 aromatic heterocycles. The van der Waals surface area contributed by atoms with Crippen molar-refractivity contribution >= 4 is 5.91 Å². The highest BCUT2D eigenvalue weighted by Gasteiger charge is 2.14. The van der Waals surface area contributed by atoms with Crippen molar-refractivity contribution in [3.8, 4) is 17.5 Å². The second-order valence-electron chi connectivity index (χ2n) is 3.48. The van der Waals surface area contributed by atoms with Crippen LogP contribution in [0.1, 0.15) is 23.1 Å². The summed E-state index contributed by atoms with van der Waals surface area (Å²) in [7, 11) is 0. The first-order valence-electron chi connectivity index (χ1n) is 5.37. The summed E-state index contributed by atoms with van der Waals surface area (Å²) in [4.78, 5) is 15.4. The SMILES string of the molecule is CCNC(=O)c1noc(-c2cccc(C#N)c2)n1. The van der Waals surface area contributed by atoms with Gasteiger partial charge in [0.15, 0.2) is 0 Å². The highest BCUT2D eigenvalue weighted by Crippen LogP contribution is 2.18. The Kier molecular flexibility index (Phi) is 3.34. The fourth-order valence-corrected chi connectivity index (χ4v) is 1.39. The Morgan fingerprint density at radius 3 is 3.11 bits per heavy atom. The van der Waals surface area contributed by atoms with E-state index in [4.69, 9.17) is 9.78 Å². The predicted octanol–water partition coefficient (Wildman–Crippen LogP) is 1.36. The smallest absolute Gasteiger partial charge is 0.292 e. The van der Waals surface area contributed by atoms with Gasteiger partial charge in [0.05, 0.1) is 11.6 Å². The van der Waals surface area contributed by atoms with Crippen LogP contribution >= 0.6 is 0 Å². The molecule has 0 atom stereocenters. The number of hydrogen-bond acceptors (Lipinski definition) is 5. The summed E-state index contributed by atoms with van der Waals surface area (Å²) in [5, 5.41) is 15.0. The molecule has 6 nitrogen and oxygen atoms in total. The topological polar surface area (TPSA) is 91.8 Å². The van der Waals surface area contributed by atoms with Crippen molar-refractivity contribution < 1.29 is 9.32 Å². The van der Waals surface area contributed by atoms with E-state index in [1.807, 2.05) is 6.07 Å². The molecule has 0 aliphatic heterocycles. The summed E-state index contributed by atoms with van der Waals surface area (Å²) in [5.41, 5.74) is 1.10. The van der Waals surface area contributed by atoms with Crippen molar-refractivity contribution in [2.24, 2.45) is 0 Å². The summed E-state index contributed by atoms with van der Waals surface area (Å²) < 4.78 is 4.99. The summed E-state index contributed by atoms with van der Waals surface area (Å²) in [6.45, 7) is 2.29. The molecular formula is C12H10N4O2. The largest absolute Gasteiger partial charge is 0.349 e. The number of aromatic nitrogens is 2. The molecule has 2 aromatic rings. The van der Waals surface area contributed by atoms with E-state index in [1.165, 1.54) is 0 Å². The molecule has 18 heavy (non-hydrogen) atoms. The summed E-state index contributed by atoms with van der Waals surface area (Å²) in [5.74, 6) is -0.188. The number of carbonyl (C=O) groups is 1. The summed E-state index contributed by atoms with van der Waals surface area (Å²) in [6, 6.07) is 8.75. The molecule has 0 aliphatic rings. The van der Waals surface area contributed by atoms with Crippen molar-refractivity contribution in [3.05, 3.63) is 35.7 Å². The number of amides is 1. The summed E-state index contributed by atoms with van der Waals surface area (Å²) in [6.07, 6.45) is 0. The molecule has 0 fully saturated rings. The molecule has 0 unspecified atom stereocenters. The van der Waals surface area contributed by atoms with Crippen LogP contribution in [-0.2, 0) is 0 Å². The van der Waals surface area contributed by atoms with Crippen molar-refractivity contribution in [2.75, 3.05) is 6.54 Å². The molecule has 6 heteroatoms. The maximum Gasteiger partial charge on any atom is 0.292 e. The van der Waals surface area contributed by atoms with E-state index < -0.39 is 0 Å². The van der Waals surface area contributed by atoms with Gasteiger partial charge in [-0.05, 0) is 25.1 Å². The minimum atomic E-state index is -0.385. The lowest BCUT2D eigenvalue weighted by Gasteiger charge is -1.94. The number of carbonyl (C=O) groups excluding carboxylic acids is 1. The van der Waals surface area contributed by atoms with Crippen molar-refractivity contribution in [2.45, 2.75) is 6.92 Å². The van der Waals surface area contributed by atoms with Crippen LogP contribution in [0.2, 0.25) is 0 Å². The average molecular weight is 242 g/mol. The fraction of sp³-hybridized carbons (Fsp3) is 0.167. The van der Waals surface area contributed by atoms with E-state index >= 15 is 0 Å². The van der Waals surface area contributed by atoms with Gasteiger partial charge in [0.25, 0.3) is 17.6 Å². The Balaban J connectivity index is 2.29. The van der Waals surface area contributed by atoms with E-state index in [1.54, 1.807) is 31.2 Å². The number of benzene rings is 1. The zero-order valence-corrected chi connectivity index (χ0v) is 9.67. The highest BCUT2D eigenvalue weighted by atomic mass is 16.5. The van der Waals surface area contributed by atoms with Crippen LogP contribution in [0.15, 0.2) is 28.8 Å². The molecule has 0 saturated heterocycles. The number of nitriles is 1. The third kappa shape index (κ3) is 2.35. The maximum absolute atomic E-state index is 11.5. The third-order valence-corrected chi connectivity index (χ3v) is 2.21. The Morgan fingerprint density at radius 2 is 2.39 bits per heavy atom. The second kappa shape index (κ2) is 5.10. The van der Waals surface area contributed by atoms with Gasteiger partial charge in [-0.2, -0.15) is 10.2 Å². The van der Waals surface area contributed by atoms with Crippen LogP contribution in [0.4, 0.5) is 0 Å². The van der Waals surface area contributed by atoms with Crippen LogP contribution < -0.4 is 5.32 Å². The average Bonchev–Trinajstić information content (AvgIpc) is 2.89. The number of hydrogen-bond donors (Lipinski definition) is 1. The van der Waals surface area contributed by atoms with Gasteiger partial charge < -0.3 is 9.84 Å². The molecule has 90 valence electrons. The fourth-order valence-electron chi connectivity index (χ4n) is 1.39. The van der Waals surface area contributed by atoms with E-state index in [9.17, 15) is 4.79 Å². The normalized spacial score (nSPS) is 9.78. The van der Waals surface area contributed by atoms with E-state index in [0.717, 1.165) is 0 Å². The zero-order chi connectivity index (χ0) is 13.0. The third-order valence-electron chi connectivity index (χ3n) is 2.21. The lowest BCUT2D eigenvalue weighted by atomic mass is 10.1. The highest BCUT2D eigenvalue weighted by molar-refractivity contribution is 5.90. The van der Waals surface area contributed by atoms with Crippen molar-refractivity contribution in [1.29, 1.82) is 5.26 Å². The van der Waals surface area contributed by atoms with Crippen LogP contribution in [-0.4, -0.2) is 22.6 Å². The molecule has 0 bridgehead atoms. The maximum atomic E-state index is 11.5. The van der Waals surface area contributed by atoms with Gasteiger partial charge in [0.2, 0.25) is 0 Å². The standard InChI is InChI=1S/C12H10N4O2/c1-2-14-11(17)10-15-12(18-16-10)9-5-3-4-8(6-9)7-13/h3-6H,2H2,1H3,(H,14,17). The van der Waals surface area contributed by atoms with Gasteiger partial charge in [-0.1, -0.05) is 11.2 Å². The molecule has 0 saturated carbocycles. The molecule has 0 radical (unpaired) electrons. The Hall–Kier alpha value is -2.68. The van der Waals surface area contributed by atoms with Gasteiger partial charge in [-0.15, -0.1) is 0 Å².